The van der Waals surface area contributed by atoms with Gasteiger partial charge in [-0.15, -0.1) is 11.3 Å². The van der Waals surface area contributed by atoms with Gasteiger partial charge in [-0.1, -0.05) is 0 Å². The Morgan fingerprint density at radius 3 is 2.76 bits per heavy atom. The summed E-state index contributed by atoms with van der Waals surface area (Å²) in [6.07, 6.45) is 0.705. The van der Waals surface area contributed by atoms with Crippen molar-refractivity contribution in [1.82, 2.24) is 10.0 Å². The minimum absolute atomic E-state index is 0.125. The number of hydrogen-bond donors (Lipinski definition) is 2. The van der Waals surface area contributed by atoms with E-state index < -0.39 is 10.0 Å². The molecule has 2 N–H and O–H groups in total. The molecule has 0 bridgehead atoms. The van der Waals surface area contributed by atoms with Gasteiger partial charge in [-0.25, -0.2) is 13.1 Å². The molecule has 2 aromatic rings. The smallest absolute Gasteiger partial charge is 0.250 e. The summed E-state index contributed by atoms with van der Waals surface area (Å²) in [5.41, 5.74) is 2.17. The molecule has 7 heteroatoms. The van der Waals surface area contributed by atoms with Gasteiger partial charge >= 0.3 is 0 Å². The maximum Gasteiger partial charge on any atom is 0.250 e. The quantitative estimate of drug-likeness (QED) is 0.812. The second kappa shape index (κ2) is 7.02. The molecular formula is C14H20N2O2S3. The van der Waals surface area contributed by atoms with Crippen molar-refractivity contribution in [3.63, 3.8) is 0 Å². The first-order valence-electron chi connectivity index (χ1n) is 6.69. The van der Waals surface area contributed by atoms with Crippen molar-refractivity contribution in [2.24, 2.45) is 0 Å². The van der Waals surface area contributed by atoms with Crippen LogP contribution in [-0.2, 0) is 23.0 Å². The number of aryl methyl sites for hydroxylation is 1. The van der Waals surface area contributed by atoms with Gasteiger partial charge in [-0.3, -0.25) is 0 Å². The van der Waals surface area contributed by atoms with E-state index in [4.69, 9.17) is 0 Å². The van der Waals surface area contributed by atoms with Gasteiger partial charge in [0.15, 0.2) is 0 Å². The number of sulfonamides is 1. The fraction of sp³-hybridized carbons (Fsp3) is 0.429. The van der Waals surface area contributed by atoms with Gasteiger partial charge in [0.2, 0.25) is 10.0 Å². The summed E-state index contributed by atoms with van der Waals surface area (Å²) < 4.78 is 28.0. The maximum absolute atomic E-state index is 12.4. The molecule has 2 aromatic heterocycles. The van der Waals surface area contributed by atoms with Gasteiger partial charge in [0.05, 0.1) is 0 Å². The van der Waals surface area contributed by atoms with Crippen molar-refractivity contribution in [2.45, 2.75) is 37.1 Å². The van der Waals surface area contributed by atoms with Crippen molar-refractivity contribution in [2.75, 3.05) is 7.05 Å². The molecule has 4 nitrogen and oxygen atoms in total. The third-order valence-corrected chi connectivity index (χ3v) is 7.11. The SMILES string of the molecule is CNCc1sc(S(=O)(=O)NC(C)Cc2ccsc2)cc1C. The Morgan fingerprint density at radius 2 is 2.14 bits per heavy atom. The predicted molar refractivity (Wildman–Crippen MR) is 89.6 cm³/mol. The fourth-order valence-corrected chi connectivity index (χ4v) is 5.63. The van der Waals surface area contributed by atoms with Crippen LogP contribution < -0.4 is 10.0 Å². The van der Waals surface area contributed by atoms with E-state index in [1.165, 1.54) is 11.3 Å². The zero-order valence-corrected chi connectivity index (χ0v) is 14.8. The minimum atomic E-state index is -3.44. The van der Waals surface area contributed by atoms with Crippen molar-refractivity contribution >= 4 is 32.7 Å². The molecule has 0 aliphatic heterocycles. The van der Waals surface area contributed by atoms with Crippen LogP contribution in [0.15, 0.2) is 27.1 Å². The highest BCUT2D eigenvalue weighted by atomic mass is 32.2. The molecule has 0 aromatic carbocycles. The third-order valence-electron chi connectivity index (χ3n) is 3.08. The molecule has 1 unspecified atom stereocenters. The van der Waals surface area contributed by atoms with Crippen LogP contribution in [0.2, 0.25) is 0 Å². The van der Waals surface area contributed by atoms with Crippen LogP contribution in [0, 0.1) is 6.92 Å². The molecule has 0 aliphatic carbocycles. The van der Waals surface area contributed by atoms with Crippen molar-refractivity contribution < 1.29 is 8.42 Å². The average Bonchev–Trinajstić information content (AvgIpc) is 3.00. The molecule has 0 fully saturated rings. The Balaban J connectivity index is 2.09. The lowest BCUT2D eigenvalue weighted by Gasteiger charge is -2.12. The summed E-state index contributed by atoms with van der Waals surface area (Å²) in [6.45, 7) is 4.53. The van der Waals surface area contributed by atoms with Crippen molar-refractivity contribution in [3.05, 3.63) is 38.9 Å². The van der Waals surface area contributed by atoms with E-state index in [0.29, 0.717) is 17.2 Å². The van der Waals surface area contributed by atoms with Gasteiger partial charge in [0.25, 0.3) is 0 Å². The van der Waals surface area contributed by atoms with E-state index in [9.17, 15) is 8.42 Å². The van der Waals surface area contributed by atoms with Gasteiger partial charge in [0, 0.05) is 17.5 Å². The second-order valence-electron chi connectivity index (χ2n) is 5.06. The lowest BCUT2D eigenvalue weighted by atomic mass is 10.1. The van der Waals surface area contributed by atoms with E-state index in [2.05, 4.69) is 10.0 Å². The molecule has 21 heavy (non-hydrogen) atoms. The molecule has 116 valence electrons. The van der Waals surface area contributed by atoms with Crippen molar-refractivity contribution in [3.8, 4) is 0 Å². The first-order valence-corrected chi connectivity index (χ1v) is 9.94. The van der Waals surface area contributed by atoms with Crippen LogP contribution in [0.5, 0.6) is 0 Å². The normalized spacial score (nSPS) is 13.5. The molecule has 0 radical (unpaired) electrons. The van der Waals surface area contributed by atoms with E-state index in [1.54, 1.807) is 17.4 Å². The summed E-state index contributed by atoms with van der Waals surface area (Å²) in [5.74, 6) is 0. The third kappa shape index (κ3) is 4.37. The van der Waals surface area contributed by atoms with E-state index in [1.807, 2.05) is 37.7 Å². The molecular weight excluding hydrogens is 324 g/mol. The fourth-order valence-electron chi connectivity index (χ4n) is 2.08. The number of thiophene rings is 2. The molecule has 2 heterocycles. The topological polar surface area (TPSA) is 58.2 Å². The van der Waals surface area contributed by atoms with Crippen LogP contribution >= 0.6 is 22.7 Å². The second-order valence-corrected chi connectivity index (χ2v) is 8.92. The first kappa shape index (κ1) is 16.6. The van der Waals surface area contributed by atoms with Crippen molar-refractivity contribution in [1.29, 1.82) is 0 Å². The van der Waals surface area contributed by atoms with Crippen LogP contribution in [0.3, 0.4) is 0 Å². The molecule has 2 rings (SSSR count). The number of rotatable bonds is 7. The average molecular weight is 345 g/mol. The molecule has 1 atom stereocenters. The monoisotopic (exact) mass is 344 g/mol. The standard InChI is InChI=1S/C14H20N2O2S3/c1-10-6-14(20-13(10)8-15-3)21(17,18)16-11(2)7-12-4-5-19-9-12/h4-6,9,11,15-16H,7-8H2,1-3H3. The molecule has 0 saturated carbocycles. The van der Waals surface area contributed by atoms with E-state index >= 15 is 0 Å². The zero-order chi connectivity index (χ0) is 15.5. The molecule has 0 saturated heterocycles. The maximum atomic E-state index is 12.4. The molecule has 0 amide bonds. The predicted octanol–water partition coefficient (Wildman–Crippen LogP) is 2.75. The van der Waals surface area contributed by atoms with Gasteiger partial charge in [-0.05, 0) is 61.3 Å². The summed E-state index contributed by atoms with van der Waals surface area (Å²) in [5, 5.41) is 7.11. The highest BCUT2D eigenvalue weighted by molar-refractivity contribution is 7.91. The summed E-state index contributed by atoms with van der Waals surface area (Å²) in [7, 11) is -1.58. The number of hydrogen-bond acceptors (Lipinski definition) is 5. The van der Waals surface area contributed by atoms with Gasteiger partial charge in [0.1, 0.15) is 4.21 Å². The lowest BCUT2D eigenvalue weighted by Crippen LogP contribution is -2.33. The summed E-state index contributed by atoms with van der Waals surface area (Å²) in [4.78, 5) is 1.06. The lowest BCUT2D eigenvalue weighted by molar-refractivity contribution is 0.562. The Bertz CT molecular complexity index is 675. The van der Waals surface area contributed by atoms with Crippen LogP contribution in [0.25, 0.3) is 0 Å². The molecule has 0 aliphatic rings. The minimum Gasteiger partial charge on any atom is -0.315 e. The summed E-state index contributed by atoms with van der Waals surface area (Å²) in [6, 6.07) is 3.65. The first-order chi connectivity index (χ1) is 9.92. The zero-order valence-electron chi connectivity index (χ0n) is 12.3. The highest BCUT2D eigenvalue weighted by Crippen LogP contribution is 2.26. The number of nitrogens with one attached hydrogen (secondary N) is 2. The van der Waals surface area contributed by atoms with Crippen LogP contribution in [0.4, 0.5) is 0 Å². The van der Waals surface area contributed by atoms with E-state index in [-0.39, 0.29) is 6.04 Å². The Kier molecular flexibility index (Phi) is 5.56. The molecule has 0 spiro atoms. The largest absolute Gasteiger partial charge is 0.315 e. The van der Waals surface area contributed by atoms with Gasteiger partial charge < -0.3 is 5.32 Å². The highest BCUT2D eigenvalue weighted by Gasteiger charge is 2.21. The Morgan fingerprint density at radius 1 is 1.38 bits per heavy atom. The van der Waals surface area contributed by atoms with E-state index in [0.717, 1.165) is 16.0 Å². The van der Waals surface area contributed by atoms with Crippen LogP contribution in [0.1, 0.15) is 22.9 Å². The summed E-state index contributed by atoms with van der Waals surface area (Å²) >= 11 is 2.95. The Hall–Kier alpha value is -0.730. The Labute approximate surface area is 134 Å². The van der Waals surface area contributed by atoms with Crippen LogP contribution in [-0.4, -0.2) is 21.5 Å². The van der Waals surface area contributed by atoms with Gasteiger partial charge in [-0.2, -0.15) is 11.3 Å².